The number of carbonyl (C=O) groups is 4. The minimum atomic E-state index is -4.38. The molecule has 14 nitrogen and oxygen atoms in total. The maximum Gasteiger partial charge on any atom is 0.405 e. The van der Waals surface area contributed by atoms with Crippen LogP contribution >= 0.6 is 0 Å². The van der Waals surface area contributed by atoms with E-state index in [-0.39, 0.29) is 44.0 Å². The lowest BCUT2D eigenvalue weighted by Gasteiger charge is -2.32. The van der Waals surface area contributed by atoms with Gasteiger partial charge in [-0.3, -0.25) is 19.1 Å². The molecule has 51 heavy (non-hydrogen) atoms. The number of alkyl halides is 1. The molecule has 7 atom stereocenters. The lowest BCUT2D eigenvalue weighted by molar-refractivity contribution is -0.142. The van der Waals surface area contributed by atoms with E-state index in [1.165, 1.54) is 18.2 Å². The third-order valence-corrected chi connectivity index (χ3v) is 12.9. The minimum absolute atomic E-state index is 0.0361. The number of aromatic nitrogens is 1. The number of halogens is 1. The number of amides is 4. The topological polar surface area (TPSA) is 193 Å². The number of ether oxygens (including phenoxy) is 2. The van der Waals surface area contributed by atoms with Crippen LogP contribution in [0.15, 0.2) is 42.6 Å². The fraction of sp³-hybridized carbons (Fsp3) is 0.571. The summed E-state index contributed by atoms with van der Waals surface area (Å²) in [5.74, 6) is -2.47. The van der Waals surface area contributed by atoms with Gasteiger partial charge >= 0.3 is 6.09 Å². The molecule has 2 aromatic rings. The van der Waals surface area contributed by atoms with Gasteiger partial charge in [-0.05, 0) is 56.4 Å². The second kappa shape index (κ2) is 13.9. The Bertz CT molecular complexity index is 1850. The van der Waals surface area contributed by atoms with Crippen molar-refractivity contribution in [2.24, 2.45) is 17.8 Å². The number of hydrogen-bond donors (Lipinski definition) is 4. The summed E-state index contributed by atoms with van der Waals surface area (Å²) in [4.78, 5) is 60.0. The lowest BCUT2D eigenvalue weighted by Crippen LogP contribution is -2.59. The highest BCUT2D eigenvalue weighted by molar-refractivity contribution is 7.91. The summed E-state index contributed by atoms with van der Waals surface area (Å²) in [5, 5.41) is 16.2. The van der Waals surface area contributed by atoms with Crippen LogP contribution in [-0.2, 0) is 24.4 Å². The third-order valence-electron chi connectivity index (χ3n) is 10.8. The summed E-state index contributed by atoms with van der Waals surface area (Å²) in [6.07, 6.45) is 5.03. The van der Waals surface area contributed by atoms with E-state index in [2.05, 4.69) is 20.3 Å². The van der Waals surface area contributed by atoms with Gasteiger partial charge in [-0.25, -0.2) is 22.6 Å². The molecular weight excluding hydrogens is 685 g/mol. The zero-order valence-corrected chi connectivity index (χ0v) is 29.6. The van der Waals surface area contributed by atoms with Crippen molar-refractivity contribution >= 4 is 44.6 Å². The first-order chi connectivity index (χ1) is 24.2. The molecule has 1 aromatic heterocycles. The van der Waals surface area contributed by atoms with Gasteiger partial charge in [-0.15, -0.1) is 0 Å². The van der Waals surface area contributed by atoms with Crippen LogP contribution in [0.1, 0.15) is 58.8 Å². The first-order valence-corrected chi connectivity index (χ1v) is 18.7. The molecule has 1 saturated heterocycles. The number of nitrogens with one attached hydrogen (secondary N) is 3. The van der Waals surface area contributed by atoms with Crippen molar-refractivity contribution in [3.8, 4) is 11.6 Å². The SMILES string of the molecule is COc1cnc(O[C@@H]2C[C@H]3C(=O)N[C@]4(C(=O)NS(=O)(=O)C5(CF)CC5)C[C@H]4/C=C\CCC(C)C[C@@H](C)[C@H](NC(=O)O)C(=O)N3C2)c2ccccc12. The number of fused-ring (bicyclic) bond motifs is 3. The van der Waals surface area contributed by atoms with E-state index in [0.29, 0.717) is 30.4 Å². The quantitative estimate of drug-likeness (QED) is 0.294. The van der Waals surface area contributed by atoms with Gasteiger partial charge in [-0.2, -0.15) is 0 Å². The number of allylic oxidation sites excluding steroid dienone is 1. The predicted molar refractivity (Wildman–Crippen MR) is 183 cm³/mol. The van der Waals surface area contributed by atoms with E-state index in [9.17, 15) is 37.1 Å². The maximum absolute atomic E-state index is 14.3. The van der Waals surface area contributed by atoms with Gasteiger partial charge in [0.25, 0.3) is 5.91 Å². The number of methoxy groups -OCH3 is 1. The van der Waals surface area contributed by atoms with Crippen molar-refractivity contribution in [2.75, 3.05) is 20.3 Å². The second-order valence-electron chi connectivity index (χ2n) is 14.4. The summed E-state index contributed by atoms with van der Waals surface area (Å²) < 4.78 is 52.1. The zero-order valence-electron chi connectivity index (χ0n) is 28.8. The summed E-state index contributed by atoms with van der Waals surface area (Å²) in [6, 6.07) is 4.88. The van der Waals surface area contributed by atoms with Crippen molar-refractivity contribution in [2.45, 2.75) is 87.3 Å². The normalized spacial score (nSPS) is 31.2. The molecule has 1 unspecified atom stereocenters. The monoisotopic (exact) mass is 729 g/mol. The van der Waals surface area contributed by atoms with E-state index in [1.807, 2.05) is 25.1 Å². The molecule has 2 aliphatic heterocycles. The maximum atomic E-state index is 14.3. The second-order valence-corrected chi connectivity index (χ2v) is 16.5. The smallest absolute Gasteiger partial charge is 0.405 e. The van der Waals surface area contributed by atoms with Crippen molar-refractivity contribution < 1.29 is 46.6 Å². The van der Waals surface area contributed by atoms with Crippen LogP contribution in [0, 0.1) is 17.8 Å². The Kier molecular flexibility index (Phi) is 9.92. The molecule has 0 bridgehead atoms. The standard InChI is InChI=1S/C35H44FN5O9S/c1-20-8-4-5-9-22-16-35(22,32(44)40-51(47,48)34(19-36)12-13-34)39-29(42)26-15-23(18-41(26)31(43)28(21(2)14-20)38-33(45)46)50-30-25-11-7-6-10-24(25)27(49-3)17-37-30/h5-7,9-11,17,20-23,26,28,38H,4,8,12-16,18-19H2,1-3H3,(H,39,42)(H,40,44)(H,45,46)/b9-5-/t20?,21-,22-,23-,26+,28+,35-/m1/s1. The van der Waals surface area contributed by atoms with Crippen molar-refractivity contribution in [3.05, 3.63) is 42.6 Å². The average Bonchev–Trinajstić information content (AvgIpc) is 4.00. The largest absolute Gasteiger partial charge is 0.494 e. The summed E-state index contributed by atoms with van der Waals surface area (Å²) in [6.45, 7) is 2.55. The molecule has 4 aliphatic rings. The Labute approximate surface area is 295 Å². The van der Waals surface area contributed by atoms with Crippen LogP contribution < -0.4 is 24.8 Å². The summed E-state index contributed by atoms with van der Waals surface area (Å²) >= 11 is 0. The van der Waals surface area contributed by atoms with Crippen LogP contribution in [0.4, 0.5) is 9.18 Å². The Morgan fingerprint density at radius 3 is 2.55 bits per heavy atom. The Balaban J connectivity index is 1.34. The molecule has 2 aliphatic carbocycles. The van der Waals surface area contributed by atoms with Crippen LogP contribution in [0.5, 0.6) is 11.6 Å². The molecule has 4 amide bonds. The van der Waals surface area contributed by atoms with Gasteiger partial charge in [0.2, 0.25) is 27.7 Å². The van der Waals surface area contributed by atoms with Gasteiger partial charge < -0.3 is 30.1 Å². The van der Waals surface area contributed by atoms with E-state index < -0.39 is 80.8 Å². The fourth-order valence-electron chi connectivity index (χ4n) is 7.44. The van der Waals surface area contributed by atoms with Gasteiger partial charge in [0, 0.05) is 23.1 Å². The van der Waals surface area contributed by atoms with Crippen LogP contribution in [0.25, 0.3) is 10.8 Å². The molecule has 2 saturated carbocycles. The first-order valence-electron chi connectivity index (χ1n) is 17.2. The molecular formula is C35H44FN5O9S. The molecule has 0 spiro atoms. The highest BCUT2D eigenvalue weighted by Crippen LogP contribution is 2.48. The van der Waals surface area contributed by atoms with Crippen molar-refractivity contribution in [1.29, 1.82) is 0 Å². The zero-order chi connectivity index (χ0) is 36.7. The number of carbonyl (C=O) groups excluding carboxylic acids is 3. The van der Waals surface area contributed by atoms with E-state index in [1.54, 1.807) is 25.1 Å². The number of benzene rings is 1. The average molecular weight is 730 g/mol. The molecule has 16 heteroatoms. The molecule has 3 fully saturated rings. The molecule has 4 N–H and O–H groups in total. The molecule has 1 aromatic carbocycles. The highest BCUT2D eigenvalue weighted by Gasteiger charge is 2.64. The van der Waals surface area contributed by atoms with Crippen LogP contribution in [0.3, 0.4) is 0 Å². The van der Waals surface area contributed by atoms with Gasteiger partial charge in [0.15, 0.2) is 0 Å². The number of sulfonamides is 1. The van der Waals surface area contributed by atoms with E-state index in [0.717, 1.165) is 5.39 Å². The third kappa shape index (κ3) is 7.06. The Morgan fingerprint density at radius 1 is 1.16 bits per heavy atom. The lowest BCUT2D eigenvalue weighted by atomic mass is 9.88. The van der Waals surface area contributed by atoms with Crippen molar-refractivity contribution in [1.82, 2.24) is 25.2 Å². The number of hydrogen-bond acceptors (Lipinski definition) is 9. The number of nitrogens with zero attached hydrogens (tertiary/aromatic N) is 2. The van der Waals surface area contributed by atoms with Crippen LogP contribution in [0.2, 0.25) is 0 Å². The Morgan fingerprint density at radius 2 is 1.88 bits per heavy atom. The summed E-state index contributed by atoms with van der Waals surface area (Å²) in [7, 11) is -2.86. The summed E-state index contributed by atoms with van der Waals surface area (Å²) in [5.41, 5.74) is -1.66. The highest BCUT2D eigenvalue weighted by atomic mass is 32.2. The number of rotatable bonds is 8. The fourth-order valence-corrected chi connectivity index (χ4v) is 8.86. The van der Waals surface area contributed by atoms with E-state index >= 15 is 0 Å². The van der Waals surface area contributed by atoms with E-state index in [4.69, 9.17) is 9.47 Å². The number of carboxylic acid groups (broad SMARTS) is 1. The van der Waals surface area contributed by atoms with Gasteiger partial charge in [-0.1, -0.05) is 44.2 Å². The minimum Gasteiger partial charge on any atom is -0.494 e. The molecule has 3 heterocycles. The van der Waals surface area contributed by atoms with Gasteiger partial charge in [0.05, 0.1) is 19.9 Å². The van der Waals surface area contributed by atoms with Gasteiger partial charge in [0.1, 0.15) is 40.9 Å². The molecule has 0 radical (unpaired) electrons. The molecule has 276 valence electrons. The van der Waals surface area contributed by atoms with Crippen LogP contribution in [-0.4, -0.2) is 96.0 Å². The number of pyridine rings is 1. The molecule has 6 rings (SSSR count). The predicted octanol–water partition coefficient (Wildman–Crippen LogP) is 3.06. The first kappa shape index (κ1) is 36.3. The Hall–Kier alpha value is -4.47. The van der Waals surface area contributed by atoms with Crippen molar-refractivity contribution in [3.63, 3.8) is 0 Å².